The maximum Gasteiger partial charge on any atom is 0.255 e. The third-order valence-electron chi connectivity index (χ3n) is 6.23. The van der Waals surface area contributed by atoms with E-state index in [1.807, 2.05) is 0 Å². The Morgan fingerprint density at radius 1 is 0.719 bits per heavy atom. The van der Waals surface area contributed by atoms with Crippen molar-refractivity contribution < 1.29 is 4.57 Å². The molecule has 0 fully saturated rings. The molecule has 2 aromatic carbocycles. The van der Waals surface area contributed by atoms with Crippen LogP contribution in [0.25, 0.3) is 5.69 Å². The van der Waals surface area contributed by atoms with Crippen LogP contribution in [0.15, 0.2) is 60.1 Å². The Kier molecular flexibility index (Phi) is 7.38. The molecule has 3 aromatic rings. The predicted octanol–water partition coefficient (Wildman–Crippen LogP) is 7.86. The zero-order valence-electron chi connectivity index (χ0n) is 21.3. The van der Waals surface area contributed by atoms with Crippen LogP contribution in [0.1, 0.15) is 108 Å². The first-order chi connectivity index (χ1) is 15.1. The van der Waals surface area contributed by atoms with Crippen molar-refractivity contribution in [3.63, 3.8) is 0 Å². The maximum absolute atomic E-state index is 5.16. The molecule has 0 spiro atoms. The second-order valence-corrected chi connectivity index (χ2v) is 10.1. The number of para-hydroxylation sites is 2. The van der Waals surface area contributed by atoms with E-state index in [1.54, 1.807) is 0 Å². The van der Waals surface area contributed by atoms with E-state index < -0.39 is 0 Å². The average molecular weight is 431 g/mol. The van der Waals surface area contributed by atoms with Crippen LogP contribution in [-0.4, -0.2) is 10.4 Å². The molecule has 0 aliphatic carbocycles. The molecule has 1 heterocycles. The first-order valence-electron chi connectivity index (χ1n) is 12.0. The van der Waals surface area contributed by atoms with Gasteiger partial charge in [-0.3, -0.25) is 0 Å². The molecular weight excluding hydrogens is 390 g/mol. The highest BCUT2D eigenvalue weighted by molar-refractivity contribution is 5.85. The summed E-state index contributed by atoms with van der Waals surface area (Å²) < 4.78 is 4.41. The lowest BCUT2D eigenvalue weighted by molar-refractivity contribution is -0.595. The second-order valence-electron chi connectivity index (χ2n) is 10.1. The van der Waals surface area contributed by atoms with E-state index in [-0.39, 0.29) is 0 Å². The molecule has 32 heavy (non-hydrogen) atoms. The molecule has 3 heteroatoms. The Labute approximate surface area is 194 Å². The van der Waals surface area contributed by atoms with Gasteiger partial charge in [0.15, 0.2) is 5.84 Å². The second kappa shape index (κ2) is 9.85. The molecular formula is C29H40N3+. The highest BCUT2D eigenvalue weighted by Gasteiger charge is 2.21. The number of benzene rings is 2. The number of rotatable bonds is 6. The fourth-order valence-electron chi connectivity index (χ4n) is 4.35. The topological polar surface area (TPSA) is 21.2 Å². The molecule has 3 rings (SSSR count). The van der Waals surface area contributed by atoms with Gasteiger partial charge in [-0.1, -0.05) is 91.8 Å². The Hall–Kier alpha value is -2.68. The normalized spacial score (nSPS) is 12.6. The standard InChI is InChI=1S/C29H40N3/c1-19(2)24-12-10-13-25(20(3)4)28(24)30-23(9)31-16-17-32(18-31)29-26(21(5)6)14-11-15-27(29)22(7)8/h10-22H,1-9H3/q+1/b30-23+. The Morgan fingerprint density at radius 3 is 1.59 bits per heavy atom. The number of aromatic nitrogens is 2. The van der Waals surface area contributed by atoms with E-state index >= 15 is 0 Å². The van der Waals surface area contributed by atoms with Crippen LogP contribution in [0.3, 0.4) is 0 Å². The van der Waals surface area contributed by atoms with E-state index in [9.17, 15) is 0 Å². The summed E-state index contributed by atoms with van der Waals surface area (Å²) in [5.74, 6) is 2.76. The van der Waals surface area contributed by atoms with Gasteiger partial charge in [0.2, 0.25) is 0 Å². The summed E-state index contributed by atoms with van der Waals surface area (Å²) in [5.41, 5.74) is 7.79. The highest BCUT2D eigenvalue weighted by Crippen LogP contribution is 2.35. The lowest BCUT2D eigenvalue weighted by atomic mass is 9.92. The Morgan fingerprint density at radius 2 is 1.16 bits per heavy atom. The van der Waals surface area contributed by atoms with E-state index in [0.29, 0.717) is 23.7 Å². The minimum Gasteiger partial charge on any atom is -0.213 e. The summed E-state index contributed by atoms with van der Waals surface area (Å²) in [6.07, 6.45) is 6.44. The molecule has 0 saturated heterocycles. The lowest BCUT2D eigenvalue weighted by Gasteiger charge is -2.16. The van der Waals surface area contributed by atoms with Crippen LogP contribution in [0.5, 0.6) is 0 Å². The number of hydrogen-bond acceptors (Lipinski definition) is 1. The third-order valence-corrected chi connectivity index (χ3v) is 6.23. The van der Waals surface area contributed by atoms with Gasteiger partial charge in [-0.2, -0.15) is 4.57 Å². The van der Waals surface area contributed by atoms with Gasteiger partial charge in [0.05, 0.1) is 5.69 Å². The van der Waals surface area contributed by atoms with E-state index in [4.69, 9.17) is 4.99 Å². The molecule has 0 unspecified atom stereocenters. The third kappa shape index (κ3) is 4.87. The maximum atomic E-state index is 5.16. The van der Waals surface area contributed by atoms with Crippen molar-refractivity contribution in [2.75, 3.05) is 0 Å². The number of imidazole rings is 1. The van der Waals surface area contributed by atoms with Crippen molar-refractivity contribution in [1.82, 2.24) is 4.57 Å². The number of nitrogens with zero attached hydrogens (tertiary/aromatic N) is 3. The predicted molar refractivity (Wildman–Crippen MR) is 137 cm³/mol. The largest absolute Gasteiger partial charge is 0.255 e. The minimum absolute atomic E-state index is 0.432. The monoisotopic (exact) mass is 430 g/mol. The SMILES string of the molecule is C/C(=N\c1c(C(C)C)cccc1C(C)C)n1cc[n+](-c2c(C(C)C)cccc2C(C)C)c1. The summed E-state index contributed by atoms with van der Waals surface area (Å²) in [6, 6.07) is 13.3. The van der Waals surface area contributed by atoms with Gasteiger partial charge in [-0.15, -0.1) is 0 Å². The lowest BCUT2D eigenvalue weighted by Crippen LogP contribution is -2.32. The van der Waals surface area contributed by atoms with Crippen LogP contribution in [0.2, 0.25) is 0 Å². The fourth-order valence-corrected chi connectivity index (χ4v) is 4.35. The van der Waals surface area contributed by atoms with Crippen molar-refractivity contribution >= 4 is 11.5 Å². The van der Waals surface area contributed by atoms with Crippen molar-refractivity contribution in [2.24, 2.45) is 4.99 Å². The molecule has 0 aliphatic rings. The van der Waals surface area contributed by atoms with Gasteiger partial charge in [0.1, 0.15) is 18.1 Å². The molecule has 0 amide bonds. The summed E-state index contributed by atoms with van der Waals surface area (Å²) in [7, 11) is 0. The Balaban J connectivity index is 2.11. The summed E-state index contributed by atoms with van der Waals surface area (Å²) in [5, 5.41) is 0. The van der Waals surface area contributed by atoms with Crippen LogP contribution >= 0.6 is 0 Å². The molecule has 0 bridgehead atoms. The summed E-state index contributed by atoms with van der Waals surface area (Å²) in [6.45, 7) is 20.1. The van der Waals surface area contributed by atoms with Crippen LogP contribution in [-0.2, 0) is 0 Å². The molecule has 3 nitrogen and oxygen atoms in total. The quantitative estimate of drug-likeness (QED) is 0.216. The molecule has 0 aliphatic heterocycles. The average Bonchev–Trinajstić information content (AvgIpc) is 3.22. The van der Waals surface area contributed by atoms with E-state index in [0.717, 1.165) is 11.5 Å². The van der Waals surface area contributed by atoms with Crippen molar-refractivity contribution in [2.45, 2.75) is 86.0 Å². The molecule has 170 valence electrons. The van der Waals surface area contributed by atoms with Gasteiger partial charge in [0, 0.05) is 18.1 Å². The first-order valence-corrected chi connectivity index (χ1v) is 12.0. The molecule has 0 atom stereocenters. The smallest absolute Gasteiger partial charge is 0.213 e. The van der Waals surface area contributed by atoms with Crippen LogP contribution in [0, 0.1) is 0 Å². The molecule has 0 N–H and O–H groups in total. The zero-order chi connectivity index (χ0) is 23.6. The van der Waals surface area contributed by atoms with Gasteiger partial charge < -0.3 is 0 Å². The van der Waals surface area contributed by atoms with Gasteiger partial charge >= 0.3 is 0 Å². The molecule has 0 saturated carbocycles. The summed E-state index contributed by atoms with van der Waals surface area (Å²) >= 11 is 0. The summed E-state index contributed by atoms with van der Waals surface area (Å²) in [4.78, 5) is 5.16. The molecule has 0 radical (unpaired) electrons. The van der Waals surface area contributed by atoms with Gasteiger partial charge in [-0.25, -0.2) is 9.56 Å². The highest BCUT2D eigenvalue weighted by atomic mass is 15.2. The van der Waals surface area contributed by atoms with Crippen molar-refractivity contribution in [3.05, 3.63) is 77.4 Å². The molecule has 1 aromatic heterocycles. The van der Waals surface area contributed by atoms with Gasteiger partial charge in [-0.05, 0) is 34.8 Å². The van der Waals surface area contributed by atoms with Crippen LogP contribution in [0.4, 0.5) is 5.69 Å². The Bertz CT molecular complexity index is 1040. The zero-order valence-corrected chi connectivity index (χ0v) is 21.3. The fraction of sp³-hybridized carbons (Fsp3) is 0.448. The first kappa shape index (κ1) is 24.0. The number of aliphatic imine (C=N–C) groups is 1. The minimum atomic E-state index is 0.432. The van der Waals surface area contributed by atoms with Crippen LogP contribution < -0.4 is 4.57 Å². The van der Waals surface area contributed by atoms with Crippen molar-refractivity contribution in [3.8, 4) is 5.69 Å². The van der Waals surface area contributed by atoms with E-state index in [2.05, 4.69) is 127 Å². The van der Waals surface area contributed by atoms with Gasteiger partial charge in [0.25, 0.3) is 6.33 Å². The van der Waals surface area contributed by atoms with E-state index in [1.165, 1.54) is 27.9 Å². The number of hydrogen-bond donors (Lipinski definition) is 0. The van der Waals surface area contributed by atoms with Crippen molar-refractivity contribution in [1.29, 1.82) is 0 Å².